The molecule has 0 radical (unpaired) electrons. The number of nitrogens with zero attached hydrogens (tertiary/aromatic N) is 5. The fourth-order valence-electron chi connectivity index (χ4n) is 3.54. The lowest BCUT2D eigenvalue weighted by atomic mass is 10.2. The van der Waals surface area contributed by atoms with Crippen molar-refractivity contribution in [2.45, 2.75) is 64.8 Å². The van der Waals surface area contributed by atoms with Gasteiger partial charge in [0.25, 0.3) is 0 Å². The minimum absolute atomic E-state index is 0.0596. The lowest BCUT2D eigenvalue weighted by Crippen LogP contribution is -2.34. The van der Waals surface area contributed by atoms with Crippen molar-refractivity contribution in [2.24, 2.45) is 5.92 Å². The third-order valence-electron chi connectivity index (χ3n) is 5.48. The first-order valence-corrected chi connectivity index (χ1v) is 12.2. The van der Waals surface area contributed by atoms with Crippen molar-refractivity contribution >= 4 is 29.3 Å². The van der Waals surface area contributed by atoms with E-state index in [1.165, 1.54) is 11.8 Å². The zero-order valence-corrected chi connectivity index (χ0v) is 20.4. The Morgan fingerprint density at radius 3 is 2.72 bits per heavy atom. The molecule has 1 amide bonds. The van der Waals surface area contributed by atoms with E-state index >= 15 is 0 Å². The molecule has 0 bridgehead atoms. The van der Waals surface area contributed by atoms with Crippen LogP contribution >= 0.6 is 23.4 Å². The Morgan fingerprint density at radius 2 is 2.03 bits per heavy atom. The molecule has 1 fully saturated rings. The number of hydrogen-bond donors (Lipinski definition) is 0. The van der Waals surface area contributed by atoms with Crippen molar-refractivity contribution in [3.8, 4) is 11.5 Å². The molecule has 2 heterocycles. The highest BCUT2D eigenvalue weighted by atomic mass is 35.5. The first-order valence-electron chi connectivity index (χ1n) is 10.9. The average Bonchev–Trinajstić information content (AvgIpc) is 3.44. The van der Waals surface area contributed by atoms with E-state index in [2.05, 4.69) is 40.5 Å². The Bertz CT molecular complexity index is 1110. The van der Waals surface area contributed by atoms with Crippen molar-refractivity contribution in [3.05, 3.63) is 46.6 Å². The summed E-state index contributed by atoms with van der Waals surface area (Å²) in [6.45, 7) is 9.66. The Kier molecular flexibility index (Phi) is 6.90. The predicted molar refractivity (Wildman–Crippen MR) is 126 cm³/mol. The van der Waals surface area contributed by atoms with Crippen LogP contribution in [0.15, 0.2) is 33.8 Å². The summed E-state index contributed by atoms with van der Waals surface area (Å²) in [6, 6.07) is 7.57. The van der Waals surface area contributed by atoms with E-state index in [1.54, 1.807) is 6.07 Å². The molecule has 0 unspecified atom stereocenters. The standard InChI is InChI=1S/C23H28ClN5O2S/c1-14(2)11-28-16(4)15(3)25-23(28)32-13-21(30)29(17-9-10-17)12-20-26-27-22(31-20)18-7-5-6-8-19(18)24/h5-8,14,17H,9-13H2,1-4H3. The van der Waals surface area contributed by atoms with Crippen LogP contribution in [0.3, 0.4) is 0 Å². The highest BCUT2D eigenvalue weighted by molar-refractivity contribution is 7.99. The average molecular weight is 474 g/mol. The molecule has 0 N–H and O–H groups in total. The molecule has 1 saturated carbocycles. The Hall–Kier alpha value is -2.32. The van der Waals surface area contributed by atoms with Gasteiger partial charge in [-0.25, -0.2) is 4.98 Å². The number of carbonyl (C=O) groups excluding carboxylic acids is 1. The normalized spacial score (nSPS) is 13.7. The molecule has 2 aromatic heterocycles. The van der Waals surface area contributed by atoms with Crippen molar-refractivity contribution in [1.82, 2.24) is 24.6 Å². The van der Waals surface area contributed by atoms with Gasteiger partial charge in [0.1, 0.15) is 0 Å². The lowest BCUT2D eigenvalue weighted by Gasteiger charge is -2.20. The van der Waals surface area contributed by atoms with Crippen LogP contribution in [0.4, 0.5) is 0 Å². The molecule has 170 valence electrons. The fourth-order valence-corrected chi connectivity index (χ4v) is 4.74. The summed E-state index contributed by atoms with van der Waals surface area (Å²) in [5.41, 5.74) is 2.86. The quantitative estimate of drug-likeness (QED) is 0.400. The second kappa shape index (κ2) is 9.67. The maximum Gasteiger partial charge on any atom is 0.249 e. The number of benzene rings is 1. The summed E-state index contributed by atoms with van der Waals surface area (Å²) >= 11 is 7.73. The minimum atomic E-state index is 0.0596. The van der Waals surface area contributed by atoms with E-state index < -0.39 is 0 Å². The van der Waals surface area contributed by atoms with Crippen LogP contribution in [0.1, 0.15) is 44.0 Å². The van der Waals surface area contributed by atoms with Gasteiger partial charge in [-0.15, -0.1) is 10.2 Å². The maximum atomic E-state index is 13.1. The predicted octanol–water partition coefficient (Wildman–Crippen LogP) is 5.14. The van der Waals surface area contributed by atoms with E-state index in [9.17, 15) is 4.79 Å². The largest absolute Gasteiger partial charge is 0.419 e. The van der Waals surface area contributed by atoms with Gasteiger partial charge in [-0.3, -0.25) is 4.79 Å². The molecule has 0 saturated heterocycles. The van der Waals surface area contributed by atoms with Crippen LogP contribution in [0.25, 0.3) is 11.5 Å². The molecule has 32 heavy (non-hydrogen) atoms. The van der Waals surface area contributed by atoms with Gasteiger partial charge in [0, 0.05) is 18.3 Å². The fraction of sp³-hybridized carbons (Fsp3) is 0.478. The molecule has 7 nitrogen and oxygen atoms in total. The van der Waals surface area contributed by atoms with Gasteiger partial charge in [0.05, 0.1) is 28.6 Å². The second-order valence-corrected chi connectivity index (χ2v) is 9.94. The molecule has 0 spiro atoms. The van der Waals surface area contributed by atoms with Gasteiger partial charge < -0.3 is 13.9 Å². The molecule has 1 aliphatic carbocycles. The molecule has 0 aliphatic heterocycles. The molecule has 9 heteroatoms. The van der Waals surface area contributed by atoms with Crippen LogP contribution in [0, 0.1) is 19.8 Å². The summed E-state index contributed by atoms with van der Waals surface area (Å²) in [4.78, 5) is 19.7. The summed E-state index contributed by atoms with van der Waals surface area (Å²) in [5.74, 6) is 1.67. The van der Waals surface area contributed by atoms with Crippen LogP contribution in [0.5, 0.6) is 0 Å². The monoisotopic (exact) mass is 473 g/mol. The van der Waals surface area contributed by atoms with E-state index in [0.29, 0.717) is 40.6 Å². The molecular weight excluding hydrogens is 446 g/mol. The molecule has 1 aliphatic rings. The maximum absolute atomic E-state index is 13.1. The van der Waals surface area contributed by atoms with E-state index in [0.717, 1.165) is 35.9 Å². The number of halogens is 1. The Labute approximate surface area is 197 Å². The van der Waals surface area contributed by atoms with Crippen molar-refractivity contribution in [1.29, 1.82) is 0 Å². The van der Waals surface area contributed by atoms with Crippen LogP contribution in [0.2, 0.25) is 5.02 Å². The zero-order valence-electron chi connectivity index (χ0n) is 18.8. The third-order valence-corrected chi connectivity index (χ3v) is 6.77. The topological polar surface area (TPSA) is 77.1 Å². The van der Waals surface area contributed by atoms with Crippen LogP contribution < -0.4 is 0 Å². The number of rotatable bonds is 9. The number of aromatic nitrogens is 4. The SMILES string of the molecule is Cc1nc(SCC(=O)N(Cc2nnc(-c3ccccc3Cl)o2)C2CC2)n(CC(C)C)c1C. The van der Waals surface area contributed by atoms with E-state index in [-0.39, 0.29) is 11.9 Å². The summed E-state index contributed by atoms with van der Waals surface area (Å²) in [7, 11) is 0. The van der Waals surface area contributed by atoms with Crippen LogP contribution in [-0.4, -0.2) is 42.4 Å². The number of carbonyl (C=O) groups is 1. The number of imidazole rings is 1. The smallest absolute Gasteiger partial charge is 0.249 e. The summed E-state index contributed by atoms with van der Waals surface area (Å²) in [5, 5.41) is 9.73. The van der Waals surface area contributed by atoms with Gasteiger partial charge >= 0.3 is 0 Å². The number of amides is 1. The summed E-state index contributed by atoms with van der Waals surface area (Å²) < 4.78 is 8.05. The van der Waals surface area contributed by atoms with Gasteiger partial charge in [0.15, 0.2) is 5.16 Å². The Balaban J connectivity index is 1.44. The summed E-state index contributed by atoms with van der Waals surface area (Å²) in [6.07, 6.45) is 2.00. The van der Waals surface area contributed by atoms with Crippen molar-refractivity contribution < 1.29 is 9.21 Å². The number of aryl methyl sites for hydroxylation is 1. The lowest BCUT2D eigenvalue weighted by molar-refractivity contribution is -0.129. The Morgan fingerprint density at radius 1 is 1.28 bits per heavy atom. The molecule has 3 aromatic rings. The highest BCUT2D eigenvalue weighted by Gasteiger charge is 2.34. The van der Waals surface area contributed by atoms with Crippen molar-refractivity contribution in [2.75, 3.05) is 5.75 Å². The van der Waals surface area contributed by atoms with Gasteiger partial charge in [0.2, 0.25) is 17.7 Å². The molecule has 1 aromatic carbocycles. The highest BCUT2D eigenvalue weighted by Crippen LogP contribution is 2.31. The van der Waals surface area contributed by atoms with Gasteiger partial charge in [-0.1, -0.05) is 49.3 Å². The zero-order chi connectivity index (χ0) is 22.8. The minimum Gasteiger partial charge on any atom is -0.419 e. The van der Waals surface area contributed by atoms with Gasteiger partial charge in [-0.2, -0.15) is 0 Å². The molecular formula is C23H28ClN5O2S. The second-order valence-electron chi connectivity index (χ2n) is 8.59. The van der Waals surface area contributed by atoms with E-state index in [4.69, 9.17) is 16.0 Å². The van der Waals surface area contributed by atoms with Crippen LogP contribution in [-0.2, 0) is 17.9 Å². The van der Waals surface area contributed by atoms with Crippen molar-refractivity contribution in [3.63, 3.8) is 0 Å². The number of thioether (sulfide) groups is 1. The molecule has 0 atom stereocenters. The van der Waals surface area contributed by atoms with E-state index in [1.807, 2.05) is 30.0 Å². The third kappa shape index (κ3) is 5.18. The molecule has 4 rings (SSSR count). The number of hydrogen-bond acceptors (Lipinski definition) is 6. The first-order chi connectivity index (χ1) is 15.3. The first kappa shape index (κ1) is 22.9. The van der Waals surface area contributed by atoms with Gasteiger partial charge in [-0.05, 0) is 44.7 Å².